The third kappa shape index (κ3) is 3.72. The molecule has 0 saturated carbocycles. The molecule has 1 aliphatic rings. The van der Waals surface area contributed by atoms with E-state index in [-0.39, 0.29) is 0 Å². The standard InChI is InChI=1S/C15H23N3O3S/c1-17-5-7-18(8-6-17)15(22)16-11-9-12(19-2)14(21-4)13(10-11)20-3/h9-10H,5-8H2,1-4H3,(H,16,22)/p+1. The third-order valence-corrected chi connectivity index (χ3v) is 4.18. The van der Waals surface area contributed by atoms with Crippen LogP contribution in [0.2, 0.25) is 0 Å². The highest BCUT2D eigenvalue weighted by molar-refractivity contribution is 7.80. The Morgan fingerprint density at radius 3 is 2.09 bits per heavy atom. The molecule has 1 heterocycles. The summed E-state index contributed by atoms with van der Waals surface area (Å²) in [6.07, 6.45) is 0. The molecule has 1 aliphatic heterocycles. The second-order valence-electron chi connectivity index (χ2n) is 5.29. The lowest BCUT2D eigenvalue weighted by Crippen LogP contribution is -3.12. The highest BCUT2D eigenvalue weighted by Gasteiger charge is 2.20. The normalized spacial score (nSPS) is 15.4. The minimum atomic E-state index is 0.574. The van der Waals surface area contributed by atoms with Crippen LogP contribution in [0.5, 0.6) is 17.2 Å². The van der Waals surface area contributed by atoms with Crippen LogP contribution in [-0.2, 0) is 0 Å². The van der Waals surface area contributed by atoms with Crippen LogP contribution in [0.25, 0.3) is 0 Å². The number of rotatable bonds is 4. The van der Waals surface area contributed by atoms with E-state index in [2.05, 4.69) is 17.3 Å². The molecule has 0 aliphatic carbocycles. The van der Waals surface area contributed by atoms with Crippen molar-refractivity contribution < 1.29 is 19.1 Å². The van der Waals surface area contributed by atoms with Crippen molar-refractivity contribution in [1.29, 1.82) is 0 Å². The second-order valence-corrected chi connectivity index (χ2v) is 5.68. The fraction of sp³-hybridized carbons (Fsp3) is 0.533. The Kier molecular flexibility index (Phi) is 5.68. The van der Waals surface area contributed by atoms with Crippen LogP contribution in [0.3, 0.4) is 0 Å². The summed E-state index contributed by atoms with van der Waals surface area (Å²) in [4.78, 5) is 3.72. The largest absolute Gasteiger partial charge is 0.493 e. The van der Waals surface area contributed by atoms with E-state index in [0.29, 0.717) is 17.2 Å². The average Bonchev–Trinajstić information content (AvgIpc) is 2.54. The molecule has 0 bridgehead atoms. The molecule has 0 radical (unpaired) electrons. The topological polar surface area (TPSA) is 47.4 Å². The lowest BCUT2D eigenvalue weighted by atomic mass is 10.2. The molecular weight excluding hydrogens is 302 g/mol. The quantitative estimate of drug-likeness (QED) is 0.773. The van der Waals surface area contributed by atoms with E-state index in [1.807, 2.05) is 12.1 Å². The predicted octanol–water partition coefficient (Wildman–Crippen LogP) is 0.240. The molecule has 2 N–H and O–H groups in total. The molecule has 0 atom stereocenters. The number of piperazine rings is 1. The fourth-order valence-electron chi connectivity index (χ4n) is 2.45. The van der Waals surface area contributed by atoms with Crippen LogP contribution in [0, 0.1) is 0 Å². The fourth-order valence-corrected chi connectivity index (χ4v) is 2.75. The summed E-state index contributed by atoms with van der Waals surface area (Å²) in [5, 5.41) is 3.98. The molecule has 0 spiro atoms. The number of likely N-dealkylation sites (N-methyl/N-ethyl adjacent to an activating group) is 1. The van der Waals surface area contributed by atoms with Crippen molar-refractivity contribution in [2.75, 3.05) is 59.9 Å². The summed E-state index contributed by atoms with van der Waals surface area (Å²) in [7, 11) is 6.99. The third-order valence-electron chi connectivity index (χ3n) is 3.82. The first-order chi connectivity index (χ1) is 10.6. The van der Waals surface area contributed by atoms with Crippen molar-refractivity contribution in [1.82, 2.24) is 4.90 Å². The Balaban J connectivity index is 2.13. The number of nitrogens with one attached hydrogen (secondary N) is 2. The molecule has 0 aromatic heterocycles. The maximum absolute atomic E-state index is 5.51. The lowest BCUT2D eigenvalue weighted by Gasteiger charge is -2.32. The highest BCUT2D eigenvalue weighted by Crippen LogP contribution is 2.39. The van der Waals surface area contributed by atoms with E-state index in [1.54, 1.807) is 21.3 Å². The Bertz CT molecular complexity index is 506. The number of quaternary nitrogens is 1. The molecule has 1 aromatic rings. The molecule has 2 rings (SSSR count). The van der Waals surface area contributed by atoms with Crippen molar-refractivity contribution in [3.05, 3.63) is 12.1 Å². The minimum absolute atomic E-state index is 0.574. The van der Waals surface area contributed by atoms with E-state index >= 15 is 0 Å². The van der Waals surface area contributed by atoms with Gasteiger partial charge in [-0.25, -0.2) is 0 Å². The Hall–Kier alpha value is -1.73. The van der Waals surface area contributed by atoms with E-state index < -0.39 is 0 Å². The van der Waals surface area contributed by atoms with Gasteiger partial charge in [0, 0.05) is 17.8 Å². The van der Waals surface area contributed by atoms with E-state index in [4.69, 9.17) is 26.4 Å². The van der Waals surface area contributed by atoms with Gasteiger partial charge in [0.15, 0.2) is 16.6 Å². The van der Waals surface area contributed by atoms with E-state index in [0.717, 1.165) is 37.0 Å². The average molecular weight is 326 g/mol. The summed E-state index contributed by atoms with van der Waals surface area (Å²) in [6.45, 7) is 4.11. The number of methoxy groups -OCH3 is 3. The molecule has 6 nitrogen and oxygen atoms in total. The summed E-state index contributed by atoms with van der Waals surface area (Å²) >= 11 is 5.51. The van der Waals surface area contributed by atoms with E-state index in [1.165, 1.54) is 4.90 Å². The molecule has 122 valence electrons. The van der Waals surface area contributed by atoms with Gasteiger partial charge >= 0.3 is 0 Å². The monoisotopic (exact) mass is 326 g/mol. The van der Waals surface area contributed by atoms with Gasteiger partial charge in [0.25, 0.3) is 0 Å². The Morgan fingerprint density at radius 2 is 1.64 bits per heavy atom. The lowest BCUT2D eigenvalue weighted by molar-refractivity contribution is -0.883. The summed E-state index contributed by atoms with van der Waals surface area (Å²) in [6, 6.07) is 3.71. The SMILES string of the molecule is COc1cc(NC(=S)N2CC[NH+](C)CC2)cc(OC)c1OC. The van der Waals surface area contributed by atoms with Crippen LogP contribution >= 0.6 is 12.2 Å². The Labute approximate surface area is 136 Å². The minimum Gasteiger partial charge on any atom is -0.493 e. The highest BCUT2D eigenvalue weighted by atomic mass is 32.1. The van der Waals surface area contributed by atoms with Crippen LogP contribution in [0.1, 0.15) is 0 Å². The van der Waals surface area contributed by atoms with Gasteiger partial charge in [-0.3, -0.25) is 0 Å². The Morgan fingerprint density at radius 1 is 1.09 bits per heavy atom. The van der Waals surface area contributed by atoms with Gasteiger partial charge < -0.3 is 29.3 Å². The number of anilines is 1. The maximum atomic E-state index is 5.51. The van der Waals surface area contributed by atoms with Crippen molar-refractivity contribution in [3.63, 3.8) is 0 Å². The second kappa shape index (κ2) is 7.51. The van der Waals surface area contributed by atoms with Crippen molar-refractivity contribution >= 4 is 23.0 Å². The molecule has 0 amide bonds. The maximum Gasteiger partial charge on any atom is 0.203 e. The predicted molar refractivity (Wildman–Crippen MR) is 90.5 cm³/mol. The number of thiocarbonyl (C=S) groups is 1. The number of hydrogen-bond acceptors (Lipinski definition) is 4. The van der Waals surface area contributed by atoms with Gasteiger partial charge in [0.05, 0.1) is 54.6 Å². The van der Waals surface area contributed by atoms with Crippen LogP contribution in [-0.4, -0.2) is 64.6 Å². The van der Waals surface area contributed by atoms with Gasteiger partial charge in [-0.05, 0) is 12.2 Å². The number of hydrogen-bond donors (Lipinski definition) is 2. The molecule has 1 saturated heterocycles. The van der Waals surface area contributed by atoms with Gasteiger partial charge in [0.1, 0.15) is 0 Å². The number of ether oxygens (including phenoxy) is 3. The van der Waals surface area contributed by atoms with Crippen LogP contribution < -0.4 is 24.4 Å². The smallest absolute Gasteiger partial charge is 0.203 e. The molecule has 7 heteroatoms. The van der Waals surface area contributed by atoms with Gasteiger partial charge in [-0.2, -0.15) is 0 Å². The zero-order valence-electron chi connectivity index (χ0n) is 13.6. The van der Waals surface area contributed by atoms with Crippen molar-refractivity contribution in [2.45, 2.75) is 0 Å². The molecular formula is C15H24N3O3S+. The van der Waals surface area contributed by atoms with Crippen LogP contribution in [0.15, 0.2) is 12.1 Å². The molecule has 1 fully saturated rings. The van der Waals surface area contributed by atoms with Gasteiger partial charge in [-0.15, -0.1) is 0 Å². The zero-order chi connectivity index (χ0) is 16.1. The molecule has 1 aromatic carbocycles. The van der Waals surface area contributed by atoms with Gasteiger partial charge in [-0.1, -0.05) is 0 Å². The first-order valence-electron chi connectivity index (χ1n) is 7.26. The summed E-state index contributed by atoms with van der Waals surface area (Å²) in [5.41, 5.74) is 0.825. The number of nitrogens with zero attached hydrogens (tertiary/aromatic N) is 1. The van der Waals surface area contributed by atoms with Crippen molar-refractivity contribution in [3.8, 4) is 17.2 Å². The van der Waals surface area contributed by atoms with Crippen LogP contribution in [0.4, 0.5) is 5.69 Å². The van der Waals surface area contributed by atoms with Gasteiger partial charge in [0.2, 0.25) is 5.75 Å². The number of benzene rings is 1. The zero-order valence-corrected chi connectivity index (χ0v) is 14.4. The summed E-state index contributed by atoms with van der Waals surface area (Å²) < 4.78 is 16.0. The first kappa shape index (κ1) is 16.6. The molecule has 0 unspecified atom stereocenters. The first-order valence-corrected chi connectivity index (χ1v) is 7.67. The summed E-state index contributed by atoms with van der Waals surface area (Å²) in [5.74, 6) is 1.79. The molecule has 22 heavy (non-hydrogen) atoms. The van der Waals surface area contributed by atoms with Crippen molar-refractivity contribution in [2.24, 2.45) is 0 Å². The van der Waals surface area contributed by atoms with E-state index in [9.17, 15) is 0 Å².